The quantitative estimate of drug-likeness (QED) is 0.584. The largest absolute Gasteiger partial charge is 0.371 e. The minimum atomic E-state index is 0.886. The van der Waals surface area contributed by atoms with Crippen LogP contribution in [-0.4, -0.2) is 13.1 Å². The smallest absolute Gasteiger partial charge is 0.0399 e. The standard InChI is InChI=1S/C10H12N/c1-2-11-8-7-9-5-3-4-6-10(9)11/h3-6H,1-2,7-8H2. The molecule has 0 aliphatic carbocycles. The molecule has 0 saturated heterocycles. The number of rotatable bonds is 1. The first-order chi connectivity index (χ1) is 5.42. The van der Waals surface area contributed by atoms with Crippen molar-refractivity contribution in [2.75, 3.05) is 18.0 Å². The van der Waals surface area contributed by atoms with Gasteiger partial charge in [0.25, 0.3) is 0 Å². The molecule has 0 amide bonds. The first kappa shape index (κ1) is 6.71. The number of fused-ring (bicyclic) bond motifs is 1. The fourth-order valence-electron chi connectivity index (χ4n) is 1.64. The van der Waals surface area contributed by atoms with Crippen molar-refractivity contribution < 1.29 is 0 Å². The van der Waals surface area contributed by atoms with E-state index in [0.717, 1.165) is 13.1 Å². The van der Waals surface area contributed by atoms with Crippen molar-refractivity contribution in [3.05, 3.63) is 36.8 Å². The van der Waals surface area contributed by atoms with Gasteiger partial charge in [-0.3, -0.25) is 0 Å². The van der Waals surface area contributed by atoms with Crippen LogP contribution in [0.25, 0.3) is 0 Å². The highest BCUT2D eigenvalue weighted by Crippen LogP contribution is 2.26. The maximum Gasteiger partial charge on any atom is 0.0399 e. The molecule has 1 aromatic rings. The zero-order valence-corrected chi connectivity index (χ0v) is 6.59. The molecule has 0 unspecified atom stereocenters. The molecule has 0 atom stereocenters. The molecule has 0 saturated carbocycles. The lowest BCUT2D eigenvalue weighted by atomic mass is 10.2. The Morgan fingerprint density at radius 3 is 3.00 bits per heavy atom. The molecule has 0 bridgehead atoms. The predicted molar refractivity (Wildman–Crippen MR) is 47.7 cm³/mol. The zero-order chi connectivity index (χ0) is 7.68. The van der Waals surface area contributed by atoms with E-state index in [2.05, 4.69) is 36.1 Å². The van der Waals surface area contributed by atoms with E-state index >= 15 is 0 Å². The van der Waals surface area contributed by atoms with Crippen LogP contribution in [0.2, 0.25) is 0 Å². The molecule has 1 heterocycles. The van der Waals surface area contributed by atoms with Gasteiger partial charge in [0, 0.05) is 18.8 Å². The van der Waals surface area contributed by atoms with E-state index in [-0.39, 0.29) is 0 Å². The Labute approximate surface area is 67.6 Å². The zero-order valence-electron chi connectivity index (χ0n) is 6.59. The van der Waals surface area contributed by atoms with Gasteiger partial charge < -0.3 is 4.90 Å². The molecule has 1 aliphatic rings. The average molecular weight is 146 g/mol. The highest BCUT2D eigenvalue weighted by atomic mass is 15.1. The van der Waals surface area contributed by atoms with Gasteiger partial charge in [-0.05, 0) is 25.0 Å². The van der Waals surface area contributed by atoms with Gasteiger partial charge in [0.15, 0.2) is 0 Å². The summed E-state index contributed by atoms with van der Waals surface area (Å²) in [7, 11) is 0. The molecule has 0 fully saturated rings. The van der Waals surface area contributed by atoms with Crippen LogP contribution in [-0.2, 0) is 6.42 Å². The van der Waals surface area contributed by atoms with Gasteiger partial charge in [0.05, 0.1) is 0 Å². The number of hydrogen-bond donors (Lipinski definition) is 0. The Morgan fingerprint density at radius 1 is 1.36 bits per heavy atom. The number of hydrogen-bond acceptors (Lipinski definition) is 1. The van der Waals surface area contributed by atoms with Crippen LogP contribution in [0, 0.1) is 6.92 Å². The molecule has 1 radical (unpaired) electrons. The SMILES string of the molecule is [CH2]CN1CCc2ccccc21. The monoisotopic (exact) mass is 146 g/mol. The van der Waals surface area contributed by atoms with Crippen molar-refractivity contribution in [3.63, 3.8) is 0 Å². The van der Waals surface area contributed by atoms with Gasteiger partial charge in [-0.15, -0.1) is 0 Å². The lowest BCUT2D eigenvalue weighted by molar-refractivity contribution is 0.902. The van der Waals surface area contributed by atoms with Crippen LogP contribution in [0.15, 0.2) is 24.3 Å². The highest BCUT2D eigenvalue weighted by Gasteiger charge is 2.15. The predicted octanol–water partition coefficient (Wildman–Crippen LogP) is 1.88. The minimum absolute atomic E-state index is 0.886. The van der Waals surface area contributed by atoms with Crippen molar-refractivity contribution in [1.82, 2.24) is 0 Å². The van der Waals surface area contributed by atoms with Crippen molar-refractivity contribution >= 4 is 5.69 Å². The van der Waals surface area contributed by atoms with Gasteiger partial charge in [-0.2, -0.15) is 0 Å². The van der Waals surface area contributed by atoms with E-state index in [9.17, 15) is 0 Å². The number of nitrogens with zero attached hydrogens (tertiary/aromatic N) is 1. The first-order valence-electron chi connectivity index (χ1n) is 4.04. The third-order valence-electron chi connectivity index (χ3n) is 2.25. The highest BCUT2D eigenvalue weighted by molar-refractivity contribution is 5.57. The van der Waals surface area contributed by atoms with E-state index in [1.54, 1.807) is 0 Å². The summed E-state index contributed by atoms with van der Waals surface area (Å²) in [5, 5.41) is 0. The van der Waals surface area contributed by atoms with E-state index < -0.39 is 0 Å². The van der Waals surface area contributed by atoms with Crippen molar-refractivity contribution in [3.8, 4) is 0 Å². The van der Waals surface area contributed by atoms with Gasteiger partial charge in [-0.1, -0.05) is 18.2 Å². The van der Waals surface area contributed by atoms with Crippen LogP contribution in [0.1, 0.15) is 5.56 Å². The first-order valence-corrected chi connectivity index (χ1v) is 4.04. The summed E-state index contributed by atoms with van der Waals surface area (Å²) in [6.07, 6.45) is 1.19. The molecule has 2 rings (SSSR count). The molecule has 0 N–H and O–H groups in total. The average Bonchev–Trinajstić information content (AvgIpc) is 2.47. The summed E-state index contributed by atoms with van der Waals surface area (Å²) in [4.78, 5) is 2.31. The lowest BCUT2D eigenvalue weighted by Gasteiger charge is -2.15. The van der Waals surface area contributed by atoms with E-state index in [1.807, 2.05) is 0 Å². The third-order valence-corrected chi connectivity index (χ3v) is 2.25. The molecule has 1 heteroatoms. The molecule has 1 nitrogen and oxygen atoms in total. The van der Waals surface area contributed by atoms with Crippen LogP contribution < -0.4 is 4.90 Å². The second kappa shape index (κ2) is 2.57. The van der Waals surface area contributed by atoms with Crippen molar-refractivity contribution in [2.24, 2.45) is 0 Å². The Hall–Kier alpha value is -0.980. The summed E-state index contributed by atoms with van der Waals surface area (Å²) in [5.41, 5.74) is 2.85. The van der Waals surface area contributed by atoms with E-state index in [4.69, 9.17) is 0 Å². The van der Waals surface area contributed by atoms with E-state index in [1.165, 1.54) is 17.7 Å². The van der Waals surface area contributed by atoms with E-state index in [0.29, 0.717) is 0 Å². The number of anilines is 1. The topological polar surface area (TPSA) is 3.24 Å². The Balaban J connectivity index is 2.39. The molecule has 0 aromatic heterocycles. The Morgan fingerprint density at radius 2 is 2.18 bits per heavy atom. The molecule has 0 spiro atoms. The second-order valence-corrected chi connectivity index (χ2v) is 2.87. The second-order valence-electron chi connectivity index (χ2n) is 2.87. The lowest BCUT2D eigenvalue weighted by Crippen LogP contribution is -2.19. The molecule has 57 valence electrons. The van der Waals surface area contributed by atoms with Crippen LogP contribution in [0.4, 0.5) is 5.69 Å². The molecule has 1 aromatic carbocycles. The summed E-state index contributed by atoms with van der Waals surface area (Å²) < 4.78 is 0. The van der Waals surface area contributed by atoms with Gasteiger partial charge in [-0.25, -0.2) is 0 Å². The minimum Gasteiger partial charge on any atom is -0.371 e. The molecule has 11 heavy (non-hydrogen) atoms. The van der Waals surface area contributed by atoms with Crippen LogP contribution in [0.3, 0.4) is 0 Å². The number of para-hydroxylation sites is 1. The van der Waals surface area contributed by atoms with Crippen LogP contribution >= 0.6 is 0 Å². The number of benzene rings is 1. The van der Waals surface area contributed by atoms with Crippen molar-refractivity contribution in [1.29, 1.82) is 0 Å². The van der Waals surface area contributed by atoms with Gasteiger partial charge in [0.2, 0.25) is 0 Å². The van der Waals surface area contributed by atoms with Crippen molar-refractivity contribution in [2.45, 2.75) is 6.42 Å². The summed E-state index contributed by atoms with van der Waals surface area (Å²) in [6.45, 7) is 5.92. The maximum absolute atomic E-state index is 3.89. The third kappa shape index (κ3) is 1.01. The molecular formula is C10H12N. The van der Waals surface area contributed by atoms with Gasteiger partial charge >= 0.3 is 0 Å². The molecule has 1 aliphatic heterocycles. The summed E-state index contributed by atoms with van der Waals surface area (Å²) >= 11 is 0. The summed E-state index contributed by atoms with van der Waals surface area (Å²) in [5.74, 6) is 0. The normalized spacial score (nSPS) is 15.2. The fourth-order valence-corrected chi connectivity index (χ4v) is 1.64. The van der Waals surface area contributed by atoms with Crippen LogP contribution in [0.5, 0.6) is 0 Å². The fraction of sp³-hybridized carbons (Fsp3) is 0.300. The Bertz CT molecular complexity index is 255. The maximum atomic E-state index is 3.89. The molecular weight excluding hydrogens is 134 g/mol. The van der Waals surface area contributed by atoms with Gasteiger partial charge in [0.1, 0.15) is 0 Å². The Kier molecular flexibility index (Phi) is 1.57. The summed E-state index contributed by atoms with van der Waals surface area (Å²) in [6, 6.07) is 8.57.